The molecule has 3 heterocycles. The van der Waals surface area contributed by atoms with Crippen LogP contribution in [0.5, 0.6) is 0 Å². The summed E-state index contributed by atoms with van der Waals surface area (Å²) in [5.74, 6) is 2.11. The van der Waals surface area contributed by atoms with E-state index in [1.165, 1.54) is 23.5 Å². The highest BCUT2D eigenvalue weighted by atomic mass is 32.1. The van der Waals surface area contributed by atoms with Crippen LogP contribution >= 0.6 is 12.2 Å². The quantitative estimate of drug-likeness (QED) is 0.197. The van der Waals surface area contributed by atoms with Gasteiger partial charge in [-0.2, -0.15) is 9.97 Å². The highest BCUT2D eigenvalue weighted by molar-refractivity contribution is 7.80. The van der Waals surface area contributed by atoms with E-state index in [0.29, 0.717) is 17.6 Å². The summed E-state index contributed by atoms with van der Waals surface area (Å²) in [4.78, 5) is 19.4. The Kier molecular flexibility index (Phi) is 9.66. The molecule has 2 aliphatic heterocycles. The minimum atomic E-state index is -0.213. The van der Waals surface area contributed by atoms with Crippen molar-refractivity contribution in [3.63, 3.8) is 0 Å². The van der Waals surface area contributed by atoms with Crippen LogP contribution in [0.25, 0.3) is 0 Å². The van der Waals surface area contributed by atoms with Crippen LogP contribution in [0.3, 0.4) is 0 Å². The summed E-state index contributed by atoms with van der Waals surface area (Å²) in [5, 5.41) is 7.03. The molecule has 0 unspecified atom stereocenters. The minimum absolute atomic E-state index is 0.213. The third-order valence-corrected chi connectivity index (χ3v) is 8.46. The molecule has 1 aromatic heterocycles. The molecule has 0 radical (unpaired) electrons. The van der Waals surface area contributed by atoms with Crippen molar-refractivity contribution in [2.24, 2.45) is 0 Å². The zero-order valence-electron chi connectivity index (χ0n) is 24.9. The van der Waals surface area contributed by atoms with Gasteiger partial charge in [0.15, 0.2) is 5.11 Å². The second-order valence-corrected chi connectivity index (χ2v) is 11.5. The summed E-state index contributed by atoms with van der Waals surface area (Å²) in [6, 6.07) is 29.9. The lowest BCUT2D eigenvalue weighted by molar-refractivity contribution is 0.626. The number of aromatic nitrogens is 2. The predicted octanol–water partition coefficient (Wildman–Crippen LogP) is 5.19. The number of hydrogen-bond donors (Lipinski definition) is 2. The number of nitrogens with one attached hydrogen (secondary N) is 2. The Hall–Kier alpha value is -4.44. The van der Waals surface area contributed by atoms with Gasteiger partial charge in [-0.25, -0.2) is 4.39 Å². The van der Waals surface area contributed by atoms with Crippen molar-refractivity contribution in [2.75, 3.05) is 83.8 Å². The van der Waals surface area contributed by atoms with E-state index in [2.05, 4.69) is 97.0 Å². The number of anilines is 5. The lowest BCUT2D eigenvalue weighted by atomic mass is 10.1. The fourth-order valence-corrected chi connectivity index (χ4v) is 5.95. The Morgan fingerprint density at radius 2 is 1.14 bits per heavy atom. The molecule has 2 saturated heterocycles. The first-order valence-corrected chi connectivity index (χ1v) is 15.8. The average molecular weight is 611 g/mol. The number of rotatable bonds is 9. The van der Waals surface area contributed by atoms with Crippen molar-refractivity contribution in [2.45, 2.75) is 12.8 Å². The summed E-state index contributed by atoms with van der Waals surface area (Å²) in [6.45, 7) is 7.89. The molecule has 6 rings (SSSR count). The zero-order chi connectivity index (χ0) is 30.1. The molecule has 10 heteroatoms. The minimum Gasteiger partial charge on any atom is -0.368 e. The van der Waals surface area contributed by atoms with Crippen LogP contribution in [-0.4, -0.2) is 74.0 Å². The third kappa shape index (κ3) is 7.74. The Morgan fingerprint density at radius 1 is 0.659 bits per heavy atom. The van der Waals surface area contributed by atoms with Gasteiger partial charge in [0.1, 0.15) is 17.5 Å². The first kappa shape index (κ1) is 29.6. The maximum Gasteiger partial charge on any atom is 0.232 e. The molecule has 0 aliphatic carbocycles. The van der Waals surface area contributed by atoms with Crippen LogP contribution in [0.4, 0.5) is 33.3 Å². The number of nitrogens with zero attached hydrogens (tertiary/aromatic N) is 6. The molecule has 0 saturated carbocycles. The highest BCUT2D eigenvalue weighted by Crippen LogP contribution is 2.26. The summed E-state index contributed by atoms with van der Waals surface area (Å²) >= 11 is 5.63. The van der Waals surface area contributed by atoms with E-state index in [-0.39, 0.29) is 5.82 Å². The van der Waals surface area contributed by atoms with Crippen molar-refractivity contribution in [3.8, 4) is 0 Å². The SMILES string of the molecule is Fc1ccc(CCCNC(=S)Nc2nc(N3CCN(c4ccccc4)CC3)cc(N3CCN(c4ccccc4)CC3)n2)cc1. The van der Waals surface area contributed by atoms with Gasteiger partial charge in [0, 0.05) is 76.3 Å². The largest absolute Gasteiger partial charge is 0.368 e. The van der Waals surface area contributed by atoms with Gasteiger partial charge in [0.05, 0.1) is 0 Å². The lowest BCUT2D eigenvalue weighted by Gasteiger charge is -2.38. The molecule has 0 amide bonds. The van der Waals surface area contributed by atoms with Gasteiger partial charge < -0.3 is 30.2 Å². The third-order valence-electron chi connectivity index (χ3n) is 8.22. The molecule has 8 nitrogen and oxygen atoms in total. The fourth-order valence-electron chi connectivity index (χ4n) is 5.76. The molecule has 0 atom stereocenters. The fraction of sp³-hybridized carbons (Fsp3) is 0.324. The molecule has 44 heavy (non-hydrogen) atoms. The summed E-state index contributed by atoms with van der Waals surface area (Å²) < 4.78 is 13.2. The monoisotopic (exact) mass is 610 g/mol. The highest BCUT2D eigenvalue weighted by Gasteiger charge is 2.23. The number of para-hydroxylation sites is 2. The second-order valence-electron chi connectivity index (χ2n) is 11.1. The molecular formula is C34H39FN8S. The van der Waals surface area contributed by atoms with Crippen LogP contribution in [-0.2, 0) is 6.42 Å². The lowest BCUT2D eigenvalue weighted by Crippen LogP contribution is -2.48. The Bertz CT molecular complexity index is 1410. The Balaban J connectivity index is 1.11. The maximum absolute atomic E-state index is 13.2. The van der Waals surface area contributed by atoms with E-state index < -0.39 is 0 Å². The van der Waals surface area contributed by atoms with Crippen LogP contribution < -0.4 is 30.2 Å². The van der Waals surface area contributed by atoms with E-state index in [0.717, 1.165) is 82.4 Å². The van der Waals surface area contributed by atoms with Crippen molar-refractivity contribution in [3.05, 3.63) is 102 Å². The van der Waals surface area contributed by atoms with E-state index in [1.807, 2.05) is 12.1 Å². The van der Waals surface area contributed by atoms with Crippen LogP contribution in [0.1, 0.15) is 12.0 Å². The molecule has 3 aromatic carbocycles. The van der Waals surface area contributed by atoms with E-state index >= 15 is 0 Å². The topological polar surface area (TPSA) is 62.8 Å². The molecule has 2 aliphatic rings. The predicted molar refractivity (Wildman–Crippen MR) is 183 cm³/mol. The molecule has 2 fully saturated rings. The van der Waals surface area contributed by atoms with Crippen LogP contribution in [0.2, 0.25) is 0 Å². The number of halogens is 1. The van der Waals surface area contributed by atoms with Gasteiger partial charge in [-0.3, -0.25) is 0 Å². The Labute approximate surface area is 264 Å². The molecule has 2 N–H and O–H groups in total. The first-order chi connectivity index (χ1) is 21.6. The Morgan fingerprint density at radius 3 is 1.64 bits per heavy atom. The summed E-state index contributed by atoms with van der Waals surface area (Å²) in [6.07, 6.45) is 1.72. The van der Waals surface area contributed by atoms with Crippen molar-refractivity contribution >= 4 is 46.3 Å². The number of thiocarbonyl (C=S) groups is 1. The summed E-state index contributed by atoms with van der Waals surface area (Å²) in [7, 11) is 0. The van der Waals surface area contributed by atoms with Crippen molar-refractivity contribution in [1.82, 2.24) is 15.3 Å². The molecule has 4 aromatic rings. The van der Waals surface area contributed by atoms with Gasteiger partial charge in [-0.1, -0.05) is 48.5 Å². The van der Waals surface area contributed by atoms with Crippen molar-refractivity contribution in [1.29, 1.82) is 0 Å². The zero-order valence-corrected chi connectivity index (χ0v) is 25.7. The van der Waals surface area contributed by atoms with Gasteiger partial charge in [0.25, 0.3) is 0 Å². The van der Waals surface area contributed by atoms with Gasteiger partial charge in [-0.15, -0.1) is 0 Å². The molecule has 228 valence electrons. The number of benzene rings is 3. The summed E-state index contributed by atoms with van der Waals surface area (Å²) in [5.41, 5.74) is 3.61. The average Bonchev–Trinajstić information content (AvgIpc) is 3.08. The van der Waals surface area contributed by atoms with Gasteiger partial charge in [0.2, 0.25) is 5.95 Å². The van der Waals surface area contributed by atoms with Crippen molar-refractivity contribution < 1.29 is 4.39 Å². The van der Waals surface area contributed by atoms with E-state index in [9.17, 15) is 4.39 Å². The van der Waals surface area contributed by atoms with Gasteiger partial charge >= 0.3 is 0 Å². The van der Waals surface area contributed by atoms with Crippen LogP contribution in [0, 0.1) is 5.82 Å². The van der Waals surface area contributed by atoms with Gasteiger partial charge in [-0.05, 0) is 67.0 Å². The van der Waals surface area contributed by atoms with E-state index in [4.69, 9.17) is 22.2 Å². The van der Waals surface area contributed by atoms with Crippen LogP contribution in [0.15, 0.2) is 91.0 Å². The second kappa shape index (κ2) is 14.4. The number of piperazine rings is 2. The number of hydrogen-bond acceptors (Lipinski definition) is 7. The number of aryl methyl sites for hydroxylation is 1. The first-order valence-electron chi connectivity index (χ1n) is 15.4. The smallest absolute Gasteiger partial charge is 0.232 e. The molecule has 0 bridgehead atoms. The van der Waals surface area contributed by atoms with E-state index in [1.54, 1.807) is 0 Å². The normalized spacial score (nSPS) is 15.3. The standard InChI is InChI=1S/C34H39FN8S/c35-28-15-13-27(14-16-28)8-7-17-36-34(44)39-33-37-31(42-22-18-40(19-23-42)29-9-3-1-4-10-29)26-32(38-33)43-24-20-41(21-25-43)30-11-5-2-6-12-30/h1-6,9-16,26H,7-8,17-25H2,(H2,36,37,38,39,44). The molecule has 0 spiro atoms. The maximum atomic E-state index is 13.2. The molecular weight excluding hydrogens is 571 g/mol.